The Morgan fingerprint density at radius 1 is 1.40 bits per heavy atom. The van der Waals surface area contributed by atoms with Gasteiger partial charge in [-0.05, 0) is 38.5 Å². The van der Waals surface area contributed by atoms with Crippen LogP contribution in [-0.2, 0) is 9.53 Å². The van der Waals surface area contributed by atoms with E-state index in [1.807, 2.05) is 6.92 Å². The van der Waals surface area contributed by atoms with E-state index in [0.717, 1.165) is 12.5 Å². The summed E-state index contributed by atoms with van der Waals surface area (Å²) < 4.78 is 18.7. The number of hydrogen-bond acceptors (Lipinski definition) is 4. The molecule has 0 saturated carbocycles. The first-order valence-corrected chi connectivity index (χ1v) is 6.51. The van der Waals surface area contributed by atoms with Gasteiger partial charge < -0.3 is 10.1 Å². The number of hydrogen-bond donors (Lipinski definition) is 1. The zero-order valence-corrected chi connectivity index (χ0v) is 12.2. The van der Waals surface area contributed by atoms with E-state index in [-0.39, 0.29) is 11.5 Å². The van der Waals surface area contributed by atoms with E-state index < -0.39 is 17.3 Å². The fourth-order valence-corrected chi connectivity index (χ4v) is 2.07. The molecule has 1 unspecified atom stereocenters. The highest BCUT2D eigenvalue weighted by atomic mass is 19.1. The SMILES string of the molecule is CCCC(C)(Nc1ccc(C(C)=O)cc1F)C(=O)OC. The second-order valence-electron chi connectivity index (χ2n) is 4.95. The number of anilines is 1. The van der Waals surface area contributed by atoms with E-state index in [1.165, 1.54) is 26.2 Å². The van der Waals surface area contributed by atoms with Gasteiger partial charge in [0.15, 0.2) is 5.78 Å². The lowest BCUT2D eigenvalue weighted by Gasteiger charge is -2.29. The van der Waals surface area contributed by atoms with Gasteiger partial charge in [0.05, 0.1) is 12.8 Å². The lowest BCUT2D eigenvalue weighted by molar-refractivity contribution is -0.145. The number of carbonyl (C=O) groups excluding carboxylic acids is 2. The van der Waals surface area contributed by atoms with Gasteiger partial charge >= 0.3 is 5.97 Å². The lowest BCUT2D eigenvalue weighted by Crippen LogP contribution is -2.44. The average molecular weight is 281 g/mol. The smallest absolute Gasteiger partial charge is 0.331 e. The van der Waals surface area contributed by atoms with Crippen LogP contribution in [0.25, 0.3) is 0 Å². The van der Waals surface area contributed by atoms with Gasteiger partial charge in [-0.25, -0.2) is 9.18 Å². The van der Waals surface area contributed by atoms with E-state index in [1.54, 1.807) is 6.92 Å². The van der Waals surface area contributed by atoms with Crippen LogP contribution in [-0.4, -0.2) is 24.4 Å². The van der Waals surface area contributed by atoms with Crippen molar-refractivity contribution in [1.29, 1.82) is 0 Å². The maximum atomic E-state index is 14.0. The van der Waals surface area contributed by atoms with Crippen LogP contribution in [0.3, 0.4) is 0 Å². The van der Waals surface area contributed by atoms with Crippen LogP contribution in [0.15, 0.2) is 18.2 Å². The third-order valence-corrected chi connectivity index (χ3v) is 3.17. The van der Waals surface area contributed by atoms with E-state index in [2.05, 4.69) is 5.32 Å². The number of carbonyl (C=O) groups is 2. The van der Waals surface area contributed by atoms with E-state index in [9.17, 15) is 14.0 Å². The highest BCUT2D eigenvalue weighted by molar-refractivity contribution is 5.94. The van der Waals surface area contributed by atoms with Gasteiger partial charge in [-0.1, -0.05) is 13.3 Å². The standard InChI is InChI=1S/C15H20FNO3/c1-5-8-15(3,14(19)20-4)17-13-7-6-11(10(2)18)9-12(13)16/h6-7,9,17H,5,8H2,1-4H3. The monoisotopic (exact) mass is 281 g/mol. The Hall–Kier alpha value is -1.91. The summed E-state index contributed by atoms with van der Waals surface area (Å²) in [6.45, 7) is 4.97. The first kappa shape index (κ1) is 16.1. The molecule has 0 spiro atoms. The first-order valence-electron chi connectivity index (χ1n) is 6.51. The van der Waals surface area contributed by atoms with Gasteiger partial charge in [0.25, 0.3) is 0 Å². The summed E-state index contributed by atoms with van der Waals surface area (Å²) in [5, 5.41) is 2.88. The molecule has 1 N–H and O–H groups in total. The maximum Gasteiger partial charge on any atom is 0.331 e. The number of Topliss-reactive ketones (excluding diaryl/α,β-unsaturated/α-hetero) is 1. The molecule has 4 nitrogen and oxygen atoms in total. The second-order valence-corrected chi connectivity index (χ2v) is 4.95. The number of nitrogens with one attached hydrogen (secondary N) is 1. The van der Waals surface area contributed by atoms with E-state index in [0.29, 0.717) is 12.0 Å². The van der Waals surface area contributed by atoms with Crippen LogP contribution in [0.1, 0.15) is 44.0 Å². The molecule has 0 fully saturated rings. The molecule has 1 aromatic rings. The molecule has 0 aromatic heterocycles. The summed E-state index contributed by atoms with van der Waals surface area (Å²) in [6, 6.07) is 4.15. The van der Waals surface area contributed by atoms with Crippen molar-refractivity contribution in [2.75, 3.05) is 12.4 Å². The fourth-order valence-electron chi connectivity index (χ4n) is 2.07. The molecule has 1 rings (SSSR count). The zero-order valence-electron chi connectivity index (χ0n) is 12.2. The third-order valence-electron chi connectivity index (χ3n) is 3.17. The van der Waals surface area contributed by atoms with Crippen LogP contribution < -0.4 is 5.32 Å². The molecule has 0 aliphatic rings. The molecule has 0 amide bonds. The van der Waals surface area contributed by atoms with Crippen molar-refractivity contribution in [2.45, 2.75) is 39.2 Å². The van der Waals surface area contributed by atoms with Gasteiger partial charge in [-0.15, -0.1) is 0 Å². The molecule has 5 heteroatoms. The molecule has 20 heavy (non-hydrogen) atoms. The molecule has 110 valence electrons. The largest absolute Gasteiger partial charge is 0.467 e. The highest BCUT2D eigenvalue weighted by Gasteiger charge is 2.34. The Balaban J connectivity index is 3.06. The normalized spacial score (nSPS) is 13.4. The second kappa shape index (κ2) is 6.50. The van der Waals surface area contributed by atoms with Crippen molar-refractivity contribution in [2.24, 2.45) is 0 Å². The van der Waals surface area contributed by atoms with Gasteiger partial charge in [0.2, 0.25) is 0 Å². The minimum atomic E-state index is -0.998. The Kier molecular flexibility index (Phi) is 5.25. The lowest BCUT2D eigenvalue weighted by atomic mass is 9.95. The molecule has 0 saturated heterocycles. The molecule has 0 aliphatic heterocycles. The van der Waals surface area contributed by atoms with Gasteiger partial charge in [-0.2, -0.15) is 0 Å². The number of methoxy groups -OCH3 is 1. The minimum Gasteiger partial charge on any atom is -0.467 e. The molecule has 1 atom stereocenters. The van der Waals surface area contributed by atoms with Crippen LogP contribution >= 0.6 is 0 Å². The molecule has 0 radical (unpaired) electrons. The number of halogens is 1. The Morgan fingerprint density at radius 3 is 2.50 bits per heavy atom. The number of rotatable bonds is 6. The third kappa shape index (κ3) is 3.56. The maximum absolute atomic E-state index is 14.0. The Bertz CT molecular complexity index is 516. The summed E-state index contributed by atoms with van der Waals surface area (Å²) in [5.74, 6) is -1.22. The summed E-state index contributed by atoms with van der Waals surface area (Å²) in [5.41, 5.74) is -0.526. The molecular weight excluding hydrogens is 261 g/mol. The molecular formula is C15H20FNO3. The number of ketones is 1. The van der Waals surface area contributed by atoms with Crippen molar-refractivity contribution < 1.29 is 18.7 Å². The number of ether oxygens (including phenoxy) is 1. The van der Waals surface area contributed by atoms with Gasteiger partial charge in [0, 0.05) is 5.56 Å². The van der Waals surface area contributed by atoms with Crippen molar-refractivity contribution in [1.82, 2.24) is 0 Å². The highest BCUT2D eigenvalue weighted by Crippen LogP contribution is 2.24. The predicted molar refractivity (Wildman–Crippen MR) is 75.4 cm³/mol. The topological polar surface area (TPSA) is 55.4 Å². The van der Waals surface area contributed by atoms with Crippen molar-refractivity contribution in [3.05, 3.63) is 29.6 Å². The Morgan fingerprint density at radius 2 is 2.05 bits per heavy atom. The van der Waals surface area contributed by atoms with Crippen molar-refractivity contribution >= 4 is 17.4 Å². The minimum absolute atomic E-state index is 0.177. The van der Waals surface area contributed by atoms with Crippen molar-refractivity contribution in [3.8, 4) is 0 Å². The van der Waals surface area contributed by atoms with Crippen molar-refractivity contribution in [3.63, 3.8) is 0 Å². The predicted octanol–water partition coefficient (Wildman–Crippen LogP) is 3.17. The van der Waals surface area contributed by atoms with E-state index >= 15 is 0 Å². The van der Waals surface area contributed by atoms with Crippen LogP contribution in [0, 0.1) is 5.82 Å². The molecule has 1 aromatic carbocycles. The summed E-state index contributed by atoms with van der Waals surface area (Å²) in [6.07, 6.45) is 1.25. The van der Waals surface area contributed by atoms with Crippen LogP contribution in [0.2, 0.25) is 0 Å². The van der Waals surface area contributed by atoms with Gasteiger partial charge in [-0.3, -0.25) is 4.79 Å². The zero-order chi connectivity index (χ0) is 15.3. The molecule has 0 bridgehead atoms. The molecule has 0 heterocycles. The number of esters is 1. The number of benzene rings is 1. The quantitative estimate of drug-likeness (QED) is 0.642. The van der Waals surface area contributed by atoms with E-state index in [4.69, 9.17) is 4.74 Å². The summed E-state index contributed by atoms with van der Waals surface area (Å²) in [4.78, 5) is 23.0. The van der Waals surface area contributed by atoms with Gasteiger partial charge in [0.1, 0.15) is 11.4 Å². The van der Waals surface area contributed by atoms with Crippen LogP contribution in [0.5, 0.6) is 0 Å². The summed E-state index contributed by atoms with van der Waals surface area (Å²) in [7, 11) is 1.30. The average Bonchev–Trinajstić information content (AvgIpc) is 2.40. The Labute approximate surface area is 118 Å². The summed E-state index contributed by atoms with van der Waals surface area (Å²) >= 11 is 0. The molecule has 0 aliphatic carbocycles. The van der Waals surface area contributed by atoms with Crippen LogP contribution in [0.4, 0.5) is 10.1 Å². The fraction of sp³-hybridized carbons (Fsp3) is 0.467. The first-order chi connectivity index (χ1) is 9.34.